The van der Waals surface area contributed by atoms with Crippen LogP contribution >= 0.6 is 11.6 Å². The predicted octanol–water partition coefficient (Wildman–Crippen LogP) is 2.24. The van der Waals surface area contributed by atoms with Crippen LogP contribution in [-0.4, -0.2) is 48.6 Å². The summed E-state index contributed by atoms with van der Waals surface area (Å²) >= 11 is 5.88. The van der Waals surface area contributed by atoms with Gasteiger partial charge in [0.2, 0.25) is 5.91 Å². The summed E-state index contributed by atoms with van der Waals surface area (Å²) in [6.07, 6.45) is 4.45. The monoisotopic (exact) mass is 336 g/mol. The number of carbonyl (C=O) groups is 2. The number of halogens is 1. The normalized spacial score (nSPS) is 24.0. The van der Waals surface area contributed by atoms with Crippen molar-refractivity contribution in [3.63, 3.8) is 0 Å². The minimum absolute atomic E-state index is 0.00850. The van der Waals surface area contributed by atoms with E-state index in [9.17, 15) is 9.59 Å². The molecule has 1 aliphatic heterocycles. The number of ether oxygens (including phenoxy) is 1. The van der Waals surface area contributed by atoms with Gasteiger partial charge < -0.3 is 15.0 Å². The lowest BCUT2D eigenvalue weighted by atomic mass is 9.90. The number of fused-ring (bicyclic) bond motifs is 1. The summed E-state index contributed by atoms with van der Waals surface area (Å²) in [6, 6.07) is 6.85. The molecule has 1 heterocycles. The van der Waals surface area contributed by atoms with Crippen LogP contribution in [0.2, 0.25) is 5.02 Å². The van der Waals surface area contributed by atoms with Crippen molar-refractivity contribution in [3.8, 4) is 0 Å². The van der Waals surface area contributed by atoms with Gasteiger partial charge in [0, 0.05) is 17.1 Å². The number of amides is 2. The van der Waals surface area contributed by atoms with Gasteiger partial charge in [-0.15, -0.1) is 0 Å². The summed E-state index contributed by atoms with van der Waals surface area (Å²) < 4.78 is 5.77. The van der Waals surface area contributed by atoms with Crippen molar-refractivity contribution in [3.05, 3.63) is 34.9 Å². The highest BCUT2D eigenvalue weighted by atomic mass is 35.5. The Hall–Kier alpha value is -1.59. The lowest BCUT2D eigenvalue weighted by Gasteiger charge is -2.43. The maximum Gasteiger partial charge on any atom is 0.251 e. The summed E-state index contributed by atoms with van der Waals surface area (Å²) in [7, 11) is 0. The zero-order valence-electron chi connectivity index (χ0n) is 13.0. The van der Waals surface area contributed by atoms with Gasteiger partial charge in [0.15, 0.2) is 0 Å². The summed E-state index contributed by atoms with van der Waals surface area (Å²) in [4.78, 5) is 26.5. The Kier molecular flexibility index (Phi) is 5.18. The second-order valence-corrected chi connectivity index (χ2v) is 6.48. The molecule has 3 rings (SSSR count). The summed E-state index contributed by atoms with van der Waals surface area (Å²) in [6.45, 7) is 1.19. The number of rotatable bonds is 3. The van der Waals surface area contributed by atoms with Gasteiger partial charge in [0.05, 0.1) is 25.3 Å². The minimum atomic E-state index is -0.283. The Bertz CT molecular complexity index is 591. The van der Waals surface area contributed by atoms with Gasteiger partial charge in [0.25, 0.3) is 5.91 Å². The molecule has 1 saturated carbocycles. The van der Waals surface area contributed by atoms with Gasteiger partial charge >= 0.3 is 0 Å². The minimum Gasteiger partial charge on any atom is -0.374 e. The fraction of sp³-hybridized carbons (Fsp3) is 0.529. The summed E-state index contributed by atoms with van der Waals surface area (Å²) in [5, 5.41) is 3.19. The smallest absolute Gasteiger partial charge is 0.251 e. The molecule has 5 nitrogen and oxygen atoms in total. The molecule has 1 N–H and O–H groups in total. The topological polar surface area (TPSA) is 58.6 Å². The number of hydrogen-bond donors (Lipinski definition) is 1. The van der Waals surface area contributed by atoms with Gasteiger partial charge in [-0.25, -0.2) is 0 Å². The number of hydrogen-bond acceptors (Lipinski definition) is 3. The summed E-state index contributed by atoms with van der Waals surface area (Å²) in [5.74, 6) is -0.324. The molecule has 2 fully saturated rings. The predicted molar refractivity (Wildman–Crippen MR) is 87.5 cm³/mol. The van der Waals surface area contributed by atoms with E-state index in [-0.39, 0.29) is 30.5 Å². The first-order valence-corrected chi connectivity index (χ1v) is 8.48. The molecular weight excluding hydrogens is 316 g/mol. The van der Waals surface area contributed by atoms with Crippen LogP contribution in [0, 0.1) is 0 Å². The average Bonchev–Trinajstić information content (AvgIpc) is 2.59. The highest BCUT2D eigenvalue weighted by Crippen LogP contribution is 2.28. The van der Waals surface area contributed by atoms with Crippen molar-refractivity contribution in [1.29, 1.82) is 0 Å². The molecule has 6 heteroatoms. The van der Waals surface area contributed by atoms with Gasteiger partial charge in [-0.3, -0.25) is 9.59 Å². The van der Waals surface area contributed by atoms with Crippen molar-refractivity contribution >= 4 is 23.4 Å². The third-order valence-corrected chi connectivity index (χ3v) is 4.77. The SMILES string of the molecule is O=C(NCC(=O)N1CCO[C@H]2CCCC[C@H]21)c1cccc(Cl)c1. The molecule has 2 aliphatic rings. The van der Waals surface area contributed by atoms with Crippen molar-refractivity contribution in [2.75, 3.05) is 19.7 Å². The Morgan fingerprint density at radius 2 is 2.13 bits per heavy atom. The molecule has 1 aromatic carbocycles. The molecule has 1 saturated heterocycles. The first kappa shape index (κ1) is 16.3. The largest absolute Gasteiger partial charge is 0.374 e. The van der Waals surface area contributed by atoms with Crippen molar-refractivity contribution in [1.82, 2.24) is 10.2 Å². The second kappa shape index (κ2) is 7.32. The van der Waals surface area contributed by atoms with Crippen LogP contribution in [0.3, 0.4) is 0 Å². The lowest BCUT2D eigenvalue weighted by molar-refractivity contribution is -0.148. The molecule has 1 aliphatic carbocycles. The van der Waals surface area contributed by atoms with Gasteiger partial charge in [0.1, 0.15) is 0 Å². The van der Waals surface area contributed by atoms with Crippen molar-refractivity contribution < 1.29 is 14.3 Å². The van der Waals surface area contributed by atoms with E-state index in [1.807, 2.05) is 4.90 Å². The standard InChI is InChI=1S/C17H21ClN2O3/c18-13-5-3-4-12(10-13)17(22)19-11-16(21)20-8-9-23-15-7-2-1-6-14(15)20/h3-5,10,14-15H,1-2,6-9,11H2,(H,19,22)/t14-,15+/m1/s1. The van der Waals surface area contributed by atoms with E-state index in [4.69, 9.17) is 16.3 Å². The Morgan fingerprint density at radius 3 is 2.96 bits per heavy atom. The highest BCUT2D eigenvalue weighted by molar-refractivity contribution is 6.30. The molecule has 2 atom stereocenters. The van der Waals surface area contributed by atoms with Crippen molar-refractivity contribution in [2.24, 2.45) is 0 Å². The van der Waals surface area contributed by atoms with Crippen LogP contribution in [-0.2, 0) is 9.53 Å². The Labute approximate surface area is 140 Å². The van der Waals surface area contributed by atoms with Gasteiger partial charge in [-0.05, 0) is 31.0 Å². The van der Waals surface area contributed by atoms with E-state index in [1.165, 1.54) is 0 Å². The summed E-state index contributed by atoms with van der Waals surface area (Å²) in [5.41, 5.74) is 0.461. The Morgan fingerprint density at radius 1 is 1.30 bits per heavy atom. The van der Waals surface area contributed by atoms with Gasteiger partial charge in [-0.1, -0.05) is 30.5 Å². The van der Waals surface area contributed by atoms with E-state index in [0.717, 1.165) is 25.7 Å². The zero-order chi connectivity index (χ0) is 16.2. The quantitative estimate of drug-likeness (QED) is 0.921. The lowest BCUT2D eigenvalue weighted by Crippen LogP contribution is -2.56. The van der Waals surface area contributed by atoms with E-state index in [0.29, 0.717) is 23.7 Å². The number of morpholine rings is 1. The van der Waals surface area contributed by atoms with Crippen LogP contribution in [0.25, 0.3) is 0 Å². The fourth-order valence-electron chi connectivity index (χ4n) is 3.40. The first-order chi connectivity index (χ1) is 11.1. The maximum atomic E-state index is 12.5. The highest BCUT2D eigenvalue weighted by Gasteiger charge is 2.36. The van der Waals surface area contributed by atoms with E-state index < -0.39 is 0 Å². The number of nitrogens with zero attached hydrogens (tertiary/aromatic N) is 1. The molecule has 23 heavy (non-hydrogen) atoms. The average molecular weight is 337 g/mol. The first-order valence-electron chi connectivity index (χ1n) is 8.10. The number of nitrogens with one attached hydrogen (secondary N) is 1. The molecule has 0 unspecified atom stereocenters. The van der Waals surface area contributed by atoms with Crippen LogP contribution in [0.15, 0.2) is 24.3 Å². The molecule has 124 valence electrons. The zero-order valence-corrected chi connectivity index (χ0v) is 13.7. The third-order valence-electron chi connectivity index (χ3n) is 4.54. The second-order valence-electron chi connectivity index (χ2n) is 6.04. The van der Waals surface area contributed by atoms with E-state index in [1.54, 1.807) is 24.3 Å². The van der Waals surface area contributed by atoms with Crippen LogP contribution in [0.4, 0.5) is 0 Å². The van der Waals surface area contributed by atoms with Crippen LogP contribution in [0.5, 0.6) is 0 Å². The molecule has 1 aromatic rings. The van der Waals surface area contributed by atoms with Gasteiger partial charge in [-0.2, -0.15) is 0 Å². The molecule has 0 aromatic heterocycles. The van der Waals surface area contributed by atoms with E-state index >= 15 is 0 Å². The Balaban J connectivity index is 1.57. The maximum absolute atomic E-state index is 12.5. The number of carbonyl (C=O) groups excluding carboxylic acids is 2. The van der Waals surface area contributed by atoms with Crippen LogP contribution < -0.4 is 5.32 Å². The number of benzene rings is 1. The molecule has 0 spiro atoms. The molecule has 0 bridgehead atoms. The van der Waals surface area contributed by atoms with Crippen LogP contribution in [0.1, 0.15) is 36.0 Å². The molecule has 2 amide bonds. The third kappa shape index (κ3) is 3.85. The van der Waals surface area contributed by atoms with E-state index in [2.05, 4.69) is 5.32 Å². The fourth-order valence-corrected chi connectivity index (χ4v) is 3.59. The molecular formula is C17H21ClN2O3. The molecule has 0 radical (unpaired) electrons. The van der Waals surface area contributed by atoms with Crippen molar-refractivity contribution in [2.45, 2.75) is 37.8 Å².